The molecular weight excluding hydrogens is 172 g/mol. The van der Waals surface area contributed by atoms with Crippen LogP contribution in [0.2, 0.25) is 0 Å². The highest BCUT2D eigenvalue weighted by molar-refractivity contribution is 5.36. The van der Waals surface area contributed by atoms with Crippen LogP contribution in [-0.4, -0.2) is 9.55 Å². The predicted octanol–water partition coefficient (Wildman–Crippen LogP) is 3.00. The second kappa shape index (κ2) is 3.66. The highest BCUT2D eigenvalue weighted by Gasteiger charge is 2.00. The van der Waals surface area contributed by atoms with Crippen molar-refractivity contribution in [3.05, 3.63) is 48.5 Å². The van der Waals surface area contributed by atoms with Gasteiger partial charge in [-0.05, 0) is 23.6 Å². The van der Waals surface area contributed by atoms with Gasteiger partial charge in [0, 0.05) is 18.1 Å². The molecule has 0 aliphatic carbocycles. The van der Waals surface area contributed by atoms with E-state index in [1.807, 2.05) is 17.1 Å². The molecule has 0 spiro atoms. The molecule has 0 unspecified atom stereocenters. The Morgan fingerprint density at radius 1 is 1.29 bits per heavy atom. The van der Waals surface area contributed by atoms with Crippen LogP contribution in [0.15, 0.2) is 43.0 Å². The van der Waals surface area contributed by atoms with Gasteiger partial charge < -0.3 is 4.57 Å². The number of nitrogens with zero attached hydrogens (tertiary/aromatic N) is 2. The molecule has 2 heteroatoms. The number of benzene rings is 1. The van der Waals surface area contributed by atoms with Crippen LogP contribution in [0.25, 0.3) is 5.69 Å². The molecule has 0 atom stereocenters. The van der Waals surface area contributed by atoms with E-state index in [1.54, 1.807) is 6.20 Å². The molecule has 1 aromatic carbocycles. The standard InChI is InChI=1S/C12H14N2/c1-10(2)11-4-3-5-12(8-11)14-7-6-13-9-14/h3-10H,1-2H3. The molecule has 1 aromatic heterocycles. The SMILES string of the molecule is CC(C)c1cccc(-n2ccnc2)c1. The smallest absolute Gasteiger partial charge is 0.0991 e. The molecule has 0 radical (unpaired) electrons. The largest absolute Gasteiger partial charge is 0.306 e. The Bertz CT molecular complexity index is 402. The topological polar surface area (TPSA) is 17.8 Å². The van der Waals surface area contributed by atoms with Crippen molar-refractivity contribution in [2.24, 2.45) is 0 Å². The van der Waals surface area contributed by atoms with Crippen molar-refractivity contribution in [3.8, 4) is 5.69 Å². The Morgan fingerprint density at radius 3 is 2.79 bits per heavy atom. The zero-order valence-electron chi connectivity index (χ0n) is 8.51. The summed E-state index contributed by atoms with van der Waals surface area (Å²) in [6, 6.07) is 8.54. The lowest BCUT2D eigenvalue weighted by molar-refractivity contribution is 0.862. The molecular formula is C12H14N2. The third kappa shape index (κ3) is 1.69. The van der Waals surface area contributed by atoms with Gasteiger partial charge in [-0.15, -0.1) is 0 Å². The summed E-state index contributed by atoms with van der Waals surface area (Å²) in [6.45, 7) is 4.40. The van der Waals surface area contributed by atoms with Gasteiger partial charge in [-0.1, -0.05) is 26.0 Å². The van der Waals surface area contributed by atoms with Crippen LogP contribution in [0.5, 0.6) is 0 Å². The predicted molar refractivity (Wildman–Crippen MR) is 57.7 cm³/mol. The number of rotatable bonds is 2. The number of hydrogen-bond donors (Lipinski definition) is 0. The third-order valence-corrected chi connectivity index (χ3v) is 2.34. The lowest BCUT2D eigenvalue weighted by Gasteiger charge is -2.08. The van der Waals surface area contributed by atoms with E-state index in [0.29, 0.717) is 5.92 Å². The van der Waals surface area contributed by atoms with Crippen LogP contribution in [0.1, 0.15) is 25.3 Å². The van der Waals surface area contributed by atoms with E-state index in [-0.39, 0.29) is 0 Å². The average molecular weight is 186 g/mol. The van der Waals surface area contributed by atoms with E-state index < -0.39 is 0 Å². The maximum absolute atomic E-state index is 4.04. The molecule has 0 N–H and O–H groups in total. The van der Waals surface area contributed by atoms with Crippen molar-refractivity contribution < 1.29 is 0 Å². The fourth-order valence-corrected chi connectivity index (χ4v) is 1.46. The van der Waals surface area contributed by atoms with E-state index in [1.165, 1.54) is 11.3 Å². The van der Waals surface area contributed by atoms with Gasteiger partial charge in [0.2, 0.25) is 0 Å². The molecule has 0 bridgehead atoms. The minimum Gasteiger partial charge on any atom is -0.306 e. The molecule has 72 valence electrons. The first-order valence-electron chi connectivity index (χ1n) is 4.85. The Balaban J connectivity index is 2.41. The monoisotopic (exact) mass is 186 g/mol. The van der Waals surface area contributed by atoms with Gasteiger partial charge in [0.1, 0.15) is 0 Å². The van der Waals surface area contributed by atoms with Crippen molar-refractivity contribution in [2.75, 3.05) is 0 Å². The molecule has 14 heavy (non-hydrogen) atoms. The molecule has 2 rings (SSSR count). The Morgan fingerprint density at radius 2 is 2.14 bits per heavy atom. The number of aromatic nitrogens is 2. The molecule has 0 aliphatic rings. The summed E-state index contributed by atoms with van der Waals surface area (Å²) >= 11 is 0. The van der Waals surface area contributed by atoms with Crippen molar-refractivity contribution in [2.45, 2.75) is 19.8 Å². The Hall–Kier alpha value is -1.57. The lowest BCUT2D eigenvalue weighted by atomic mass is 10.0. The highest BCUT2D eigenvalue weighted by atomic mass is 15.0. The van der Waals surface area contributed by atoms with Crippen molar-refractivity contribution in [3.63, 3.8) is 0 Å². The maximum Gasteiger partial charge on any atom is 0.0991 e. The zero-order valence-corrected chi connectivity index (χ0v) is 8.51. The van der Waals surface area contributed by atoms with E-state index in [4.69, 9.17) is 0 Å². The minimum absolute atomic E-state index is 0.568. The van der Waals surface area contributed by atoms with Gasteiger partial charge in [0.15, 0.2) is 0 Å². The first-order chi connectivity index (χ1) is 6.77. The van der Waals surface area contributed by atoms with Gasteiger partial charge in [-0.3, -0.25) is 0 Å². The summed E-state index contributed by atoms with van der Waals surface area (Å²) in [5.74, 6) is 0.568. The maximum atomic E-state index is 4.04. The molecule has 0 fully saturated rings. The Kier molecular flexibility index (Phi) is 2.35. The first kappa shape index (κ1) is 9.00. The quantitative estimate of drug-likeness (QED) is 0.705. The molecule has 2 aromatic rings. The van der Waals surface area contributed by atoms with Crippen LogP contribution < -0.4 is 0 Å². The molecule has 0 saturated heterocycles. The average Bonchev–Trinajstić information content (AvgIpc) is 2.71. The highest BCUT2D eigenvalue weighted by Crippen LogP contribution is 2.17. The summed E-state index contributed by atoms with van der Waals surface area (Å²) in [5.41, 5.74) is 2.53. The summed E-state index contributed by atoms with van der Waals surface area (Å²) in [4.78, 5) is 4.04. The summed E-state index contributed by atoms with van der Waals surface area (Å²) < 4.78 is 2.02. The Labute approximate surface area is 84.2 Å². The second-order valence-corrected chi connectivity index (χ2v) is 3.72. The van der Waals surface area contributed by atoms with Crippen molar-refractivity contribution >= 4 is 0 Å². The van der Waals surface area contributed by atoms with Gasteiger partial charge >= 0.3 is 0 Å². The fourth-order valence-electron chi connectivity index (χ4n) is 1.46. The zero-order chi connectivity index (χ0) is 9.97. The van der Waals surface area contributed by atoms with E-state index in [2.05, 4.69) is 43.1 Å². The summed E-state index contributed by atoms with van der Waals surface area (Å²) in [5, 5.41) is 0. The van der Waals surface area contributed by atoms with E-state index in [0.717, 1.165) is 0 Å². The normalized spacial score (nSPS) is 10.8. The first-order valence-corrected chi connectivity index (χ1v) is 4.85. The van der Waals surface area contributed by atoms with Crippen LogP contribution in [-0.2, 0) is 0 Å². The fraction of sp³-hybridized carbons (Fsp3) is 0.250. The van der Waals surface area contributed by atoms with Crippen molar-refractivity contribution in [1.29, 1.82) is 0 Å². The second-order valence-electron chi connectivity index (χ2n) is 3.72. The lowest BCUT2D eigenvalue weighted by Crippen LogP contribution is -1.93. The van der Waals surface area contributed by atoms with Crippen molar-refractivity contribution in [1.82, 2.24) is 9.55 Å². The molecule has 1 heterocycles. The molecule has 0 amide bonds. The van der Waals surface area contributed by atoms with Crippen LogP contribution in [0, 0.1) is 0 Å². The summed E-state index contributed by atoms with van der Waals surface area (Å²) in [6.07, 6.45) is 5.57. The molecule has 0 saturated carbocycles. The number of imidazole rings is 1. The third-order valence-electron chi connectivity index (χ3n) is 2.34. The molecule has 0 aliphatic heterocycles. The van der Waals surface area contributed by atoms with E-state index in [9.17, 15) is 0 Å². The van der Waals surface area contributed by atoms with Crippen LogP contribution >= 0.6 is 0 Å². The summed E-state index contributed by atoms with van der Waals surface area (Å²) in [7, 11) is 0. The molecule has 2 nitrogen and oxygen atoms in total. The van der Waals surface area contributed by atoms with Crippen LogP contribution in [0.3, 0.4) is 0 Å². The number of hydrogen-bond acceptors (Lipinski definition) is 1. The van der Waals surface area contributed by atoms with Gasteiger partial charge in [-0.25, -0.2) is 4.98 Å². The minimum atomic E-state index is 0.568. The van der Waals surface area contributed by atoms with Gasteiger partial charge in [0.25, 0.3) is 0 Å². The van der Waals surface area contributed by atoms with Gasteiger partial charge in [-0.2, -0.15) is 0 Å². The van der Waals surface area contributed by atoms with E-state index >= 15 is 0 Å². The van der Waals surface area contributed by atoms with Gasteiger partial charge in [0.05, 0.1) is 6.33 Å². The van der Waals surface area contributed by atoms with Crippen LogP contribution in [0.4, 0.5) is 0 Å².